The molecule has 26 heavy (non-hydrogen) atoms. The highest BCUT2D eigenvalue weighted by Crippen LogP contribution is 2.63. The Morgan fingerprint density at radius 1 is 1.23 bits per heavy atom. The average Bonchev–Trinajstić information content (AvgIpc) is 3.31. The first-order valence-corrected chi connectivity index (χ1v) is 9.96. The van der Waals surface area contributed by atoms with E-state index in [9.17, 15) is 18.1 Å². The summed E-state index contributed by atoms with van der Waals surface area (Å²) in [5.41, 5.74) is 0.238. The smallest absolute Gasteiger partial charge is 0.183 e. The molecule has 0 saturated heterocycles. The number of sulfone groups is 1. The van der Waals surface area contributed by atoms with Gasteiger partial charge in [0.2, 0.25) is 0 Å². The van der Waals surface area contributed by atoms with Gasteiger partial charge < -0.3 is 4.74 Å². The number of hydrogen-bond acceptors (Lipinski definition) is 4. The number of hydrogen-bond donors (Lipinski definition) is 0. The maximum absolute atomic E-state index is 13.7. The van der Waals surface area contributed by atoms with Crippen LogP contribution < -0.4 is 0 Å². The Balaban J connectivity index is 2.07. The van der Waals surface area contributed by atoms with E-state index in [-0.39, 0.29) is 11.5 Å². The first kappa shape index (κ1) is 18.6. The van der Waals surface area contributed by atoms with E-state index in [1.165, 1.54) is 18.2 Å². The molecule has 3 rings (SSSR count). The average molecular weight is 373 g/mol. The predicted octanol–water partition coefficient (Wildman–Crippen LogP) is 3.62. The van der Waals surface area contributed by atoms with Crippen molar-refractivity contribution in [3.8, 4) is 6.07 Å². The number of aryl methyl sites for hydroxylation is 1. The van der Waals surface area contributed by atoms with Crippen LogP contribution in [0.2, 0.25) is 0 Å². The van der Waals surface area contributed by atoms with Crippen molar-refractivity contribution >= 4 is 9.84 Å². The first-order valence-electron chi connectivity index (χ1n) is 8.42. The number of nitriles is 1. The van der Waals surface area contributed by atoms with E-state index in [1.54, 1.807) is 37.3 Å². The Kier molecular flexibility index (Phi) is 4.87. The van der Waals surface area contributed by atoms with Crippen LogP contribution in [0.3, 0.4) is 0 Å². The largest absolute Gasteiger partial charge is 0.380 e. The van der Waals surface area contributed by atoms with Gasteiger partial charge in [-0.1, -0.05) is 29.8 Å². The van der Waals surface area contributed by atoms with Crippen LogP contribution in [-0.2, 0) is 14.6 Å². The number of rotatable bonds is 6. The van der Waals surface area contributed by atoms with Crippen molar-refractivity contribution < 1.29 is 17.5 Å². The molecule has 0 radical (unpaired) electrons. The Morgan fingerprint density at radius 2 is 1.92 bits per heavy atom. The van der Waals surface area contributed by atoms with Crippen LogP contribution in [0.4, 0.5) is 4.39 Å². The van der Waals surface area contributed by atoms with E-state index in [0.717, 1.165) is 5.56 Å². The monoisotopic (exact) mass is 373 g/mol. The third kappa shape index (κ3) is 3.02. The Bertz CT molecular complexity index is 950. The van der Waals surface area contributed by atoms with Gasteiger partial charge in [0.25, 0.3) is 0 Å². The molecule has 0 N–H and O–H groups in total. The van der Waals surface area contributed by atoms with E-state index in [1.807, 2.05) is 6.92 Å². The molecule has 1 saturated carbocycles. The zero-order valence-electron chi connectivity index (χ0n) is 14.6. The molecule has 0 aliphatic heterocycles. The highest BCUT2D eigenvalue weighted by molar-refractivity contribution is 7.92. The molecule has 4 nitrogen and oxygen atoms in total. The van der Waals surface area contributed by atoms with Crippen molar-refractivity contribution in [2.75, 3.05) is 13.2 Å². The molecular formula is C20H20FNO3S. The second kappa shape index (κ2) is 6.82. The van der Waals surface area contributed by atoms with Gasteiger partial charge in [0.05, 0.1) is 22.8 Å². The lowest BCUT2D eigenvalue weighted by Gasteiger charge is -2.10. The summed E-state index contributed by atoms with van der Waals surface area (Å²) in [5, 5.41) is 8.86. The van der Waals surface area contributed by atoms with Crippen molar-refractivity contribution in [2.24, 2.45) is 5.41 Å². The highest BCUT2D eigenvalue weighted by atomic mass is 32.2. The van der Waals surface area contributed by atoms with Gasteiger partial charge >= 0.3 is 0 Å². The molecule has 2 aromatic carbocycles. The van der Waals surface area contributed by atoms with Gasteiger partial charge in [-0.3, -0.25) is 0 Å². The summed E-state index contributed by atoms with van der Waals surface area (Å²) < 4.78 is 45.5. The lowest BCUT2D eigenvalue weighted by Crippen LogP contribution is -2.19. The minimum absolute atomic E-state index is 0.00304. The molecule has 0 unspecified atom stereocenters. The fourth-order valence-electron chi connectivity index (χ4n) is 3.52. The molecule has 136 valence electrons. The fraction of sp³-hybridized carbons (Fsp3) is 0.350. The van der Waals surface area contributed by atoms with Crippen LogP contribution in [0.5, 0.6) is 0 Å². The maximum Gasteiger partial charge on any atom is 0.183 e. The minimum atomic E-state index is -3.77. The standard InChI is InChI=1S/C20H20FNO3S/c1-3-25-13-20(12-22)18(15-5-4-6-16(21)11-15)19(20)26(23,24)17-9-7-14(2)8-10-17/h4-11,18-19H,3,13H2,1-2H3/t18-,19+,20+/m0/s1. The quantitative estimate of drug-likeness (QED) is 0.776. The topological polar surface area (TPSA) is 67.2 Å². The van der Waals surface area contributed by atoms with E-state index in [4.69, 9.17) is 4.74 Å². The van der Waals surface area contributed by atoms with Gasteiger partial charge in [-0.05, 0) is 43.7 Å². The van der Waals surface area contributed by atoms with Crippen molar-refractivity contribution in [1.82, 2.24) is 0 Å². The van der Waals surface area contributed by atoms with Crippen LogP contribution in [0.1, 0.15) is 24.0 Å². The van der Waals surface area contributed by atoms with Crippen LogP contribution in [-0.4, -0.2) is 26.9 Å². The molecule has 0 spiro atoms. The van der Waals surface area contributed by atoms with Gasteiger partial charge in [-0.2, -0.15) is 5.26 Å². The molecule has 6 heteroatoms. The van der Waals surface area contributed by atoms with E-state index < -0.39 is 32.2 Å². The summed E-state index contributed by atoms with van der Waals surface area (Å²) in [6.45, 7) is 4.03. The van der Waals surface area contributed by atoms with Crippen LogP contribution in [0.25, 0.3) is 0 Å². The van der Waals surface area contributed by atoms with E-state index >= 15 is 0 Å². The molecule has 0 aromatic heterocycles. The summed E-state index contributed by atoms with van der Waals surface area (Å²) in [4.78, 5) is 0.170. The lowest BCUT2D eigenvalue weighted by atomic mass is 10.0. The SMILES string of the molecule is CCOC[C@@]1(C#N)[C@H](S(=O)(=O)c2ccc(C)cc2)[C@@H]1c1cccc(F)c1. The van der Waals surface area contributed by atoms with Crippen LogP contribution in [0, 0.1) is 29.5 Å². The second-order valence-corrected chi connectivity index (χ2v) is 8.67. The van der Waals surface area contributed by atoms with Crippen molar-refractivity contribution in [1.29, 1.82) is 5.26 Å². The number of ether oxygens (including phenoxy) is 1. The molecule has 3 atom stereocenters. The number of halogens is 1. The minimum Gasteiger partial charge on any atom is -0.380 e. The van der Waals surface area contributed by atoms with Gasteiger partial charge in [-0.25, -0.2) is 12.8 Å². The van der Waals surface area contributed by atoms with E-state index in [0.29, 0.717) is 12.2 Å². The zero-order valence-corrected chi connectivity index (χ0v) is 15.5. The summed E-state index contributed by atoms with van der Waals surface area (Å²) >= 11 is 0. The van der Waals surface area contributed by atoms with Crippen molar-refractivity contribution in [2.45, 2.75) is 29.9 Å². The van der Waals surface area contributed by atoms with Crippen LogP contribution >= 0.6 is 0 Å². The third-order valence-electron chi connectivity index (χ3n) is 4.90. The molecule has 1 fully saturated rings. The zero-order chi connectivity index (χ0) is 18.9. The van der Waals surface area contributed by atoms with Crippen LogP contribution in [0.15, 0.2) is 53.4 Å². The Morgan fingerprint density at radius 3 is 2.50 bits per heavy atom. The molecule has 1 aliphatic carbocycles. The molecular weight excluding hydrogens is 353 g/mol. The molecule has 0 heterocycles. The molecule has 0 amide bonds. The number of nitrogens with zero attached hydrogens (tertiary/aromatic N) is 1. The second-order valence-electron chi connectivity index (χ2n) is 6.60. The molecule has 0 bridgehead atoms. The molecule has 1 aliphatic rings. The fourth-order valence-corrected chi connectivity index (χ4v) is 5.83. The Hall–Kier alpha value is -2.23. The first-order chi connectivity index (χ1) is 12.4. The van der Waals surface area contributed by atoms with Gasteiger partial charge in [0, 0.05) is 12.5 Å². The highest BCUT2D eigenvalue weighted by Gasteiger charge is 2.72. The number of benzene rings is 2. The third-order valence-corrected chi connectivity index (χ3v) is 7.19. The summed E-state index contributed by atoms with van der Waals surface area (Å²) in [6.07, 6.45) is 0. The summed E-state index contributed by atoms with van der Waals surface area (Å²) in [6, 6.07) is 14.5. The normalized spacial score (nSPS) is 24.8. The lowest BCUT2D eigenvalue weighted by molar-refractivity contribution is 0.117. The van der Waals surface area contributed by atoms with Crippen molar-refractivity contribution in [3.05, 3.63) is 65.5 Å². The van der Waals surface area contributed by atoms with Crippen molar-refractivity contribution in [3.63, 3.8) is 0 Å². The Labute approximate surface area is 153 Å². The van der Waals surface area contributed by atoms with Gasteiger partial charge in [-0.15, -0.1) is 0 Å². The van der Waals surface area contributed by atoms with Gasteiger partial charge in [0.15, 0.2) is 9.84 Å². The summed E-state index contributed by atoms with van der Waals surface area (Å²) in [7, 11) is -3.77. The van der Waals surface area contributed by atoms with E-state index in [2.05, 4.69) is 6.07 Å². The predicted molar refractivity (Wildman–Crippen MR) is 95.8 cm³/mol. The maximum atomic E-state index is 13.7. The van der Waals surface area contributed by atoms with Gasteiger partial charge in [0.1, 0.15) is 11.2 Å². The summed E-state index contributed by atoms with van der Waals surface area (Å²) in [5.74, 6) is -1.08. The molecule has 2 aromatic rings.